The molecule has 0 aromatic heterocycles. The summed E-state index contributed by atoms with van der Waals surface area (Å²) >= 11 is 0. The highest BCUT2D eigenvalue weighted by Gasteiger charge is 2.36. The number of rotatable bonds is 6. The van der Waals surface area contributed by atoms with Crippen LogP contribution >= 0.6 is 0 Å². The molecular formula is C11H18O2. The molecule has 1 unspecified atom stereocenters. The van der Waals surface area contributed by atoms with Gasteiger partial charge in [-0.1, -0.05) is 12.8 Å². The number of carbonyl (C=O) groups is 1. The van der Waals surface area contributed by atoms with Gasteiger partial charge in [-0.15, -0.1) is 0 Å². The number of methoxy groups -OCH3 is 1. The van der Waals surface area contributed by atoms with Gasteiger partial charge in [-0.05, 0) is 31.1 Å². The summed E-state index contributed by atoms with van der Waals surface area (Å²) in [5.41, 5.74) is 0. The van der Waals surface area contributed by atoms with Crippen molar-refractivity contribution in [2.75, 3.05) is 7.11 Å². The quantitative estimate of drug-likeness (QED) is 0.629. The second-order valence-corrected chi connectivity index (χ2v) is 4.44. The Balaban J connectivity index is 1.72. The van der Waals surface area contributed by atoms with E-state index in [0.29, 0.717) is 11.7 Å². The van der Waals surface area contributed by atoms with E-state index < -0.39 is 0 Å². The lowest BCUT2D eigenvalue weighted by atomic mass is 10.0. The van der Waals surface area contributed by atoms with E-state index in [1.54, 1.807) is 7.11 Å². The molecule has 0 heterocycles. The van der Waals surface area contributed by atoms with Crippen molar-refractivity contribution in [3.63, 3.8) is 0 Å². The van der Waals surface area contributed by atoms with Gasteiger partial charge in [0.25, 0.3) is 0 Å². The maximum absolute atomic E-state index is 11.7. The Morgan fingerprint density at radius 3 is 2.54 bits per heavy atom. The average molecular weight is 182 g/mol. The lowest BCUT2D eigenvalue weighted by Gasteiger charge is -2.12. The number of ketones is 1. The van der Waals surface area contributed by atoms with Gasteiger partial charge in [0.1, 0.15) is 6.10 Å². The van der Waals surface area contributed by atoms with Crippen molar-refractivity contribution in [3.05, 3.63) is 0 Å². The highest BCUT2D eigenvalue weighted by atomic mass is 16.5. The van der Waals surface area contributed by atoms with Crippen molar-refractivity contribution in [1.29, 1.82) is 0 Å². The molecule has 2 aliphatic rings. The van der Waals surface area contributed by atoms with Crippen molar-refractivity contribution in [1.82, 2.24) is 0 Å². The van der Waals surface area contributed by atoms with E-state index in [2.05, 4.69) is 0 Å². The van der Waals surface area contributed by atoms with Crippen molar-refractivity contribution < 1.29 is 9.53 Å². The van der Waals surface area contributed by atoms with Gasteiger partial charge in [0.05, 0.1) is 0 Å². The molecule has 74 valence electrons. The molecule has 0 saturated heterocycles. The summed E-state index contributed by atoms with van der Waals surface area (Å²) in [5.74, 6) is 1.76. The molecule has 0 radical (unpaired) electrons. The number of hydrogen-bond donors (Lipinski definition) is 0. The third-order valence-corrected chi connectivity index (χ3v) is 3.12. The van der Waals surface area contributed by atoms with Gasteiger partial charge in [0.15, 0.2) is 5.78 Å². The van der Waals surface area contributed by atoms with Crippen LogP contribution < -0.4 is 0 Å². The molecule has 1 atom stereocenters. The average Bonchev–Trinajstić information content (AvgIpc) is 2.97. The molecule has 0 amide bonds. The van der Waals surface area contributed by atoms with Crippen LogP contribution in [0, 0.1) is 11.8 Å². The molecule has 0 spiro atoms. The minimum atomic E-state index is -0.0706. The molecule has 2 aliphatic carbocycles. The van der Waals surface area contributed by atoms with Crippen LogP contribution in [0.1, 0.15) is 38.5 Å². The summed E-state index contributed by atoms with van der Waals surface area (Å²) in [5, 5.41) is 0. The first-order chi connectivity index (χ1) is 6.31. The largest absolute Gasteiger partial charge is 0.373 e. The number of hydrogen-bond acceptors (Lipinski definition) is 2. The van der Waals surface area contributed by atoms with E-state index in [-0.39, 0.29) is 6.10 Å². The van der Waals surface area contributed by atoms with Crippen LogP contribution in [0.4, 0.5) is 0 Å². The zero-order chi connectivity index (χ0) is 9.26. The third kappa shape index (κ3) is 2.53. The molecule has 13 heavy (non-hydrogen) atoms. The Morgan fingerprint density at radius 1 is 1.38 bits per heavy atom. The summed E-state index contributed by atoms with van der Waals surface area (Å²) in [4.78, 5) is 11.7. The molecular weight excluding hydrogens is 164 g/mol. The molecule has 0 N–H and O–H groups in total. The first kappa shape index (κ1) is 9.20. The summed E-state index contributed by atoms with van der Waals surface area (Å²) in [6.07, 6.45) is 6.84. The van der Waals surface area contributed by atoms with Crippen molar-refractivity contribution >= 4 is 5.78 Å². The molecule has 2 saturated carbocycles. The van der Waals surface area contributed by atoms with Gasteiger partial charge >= 0.3 is 0 Å². The zero-order valence-electron chi connectivity index (χ0n) is 8.29. The van der Waals surface area contributed by atoms with E-state index >= 15 is 0 Å². The van der Waals surface area contributed by atoms with Crippen LogP contribution in [0.3, 0.4) is 0 Å². The fourth-order valence-corrected chi connectivity index (χ4v) is 1.88. The molecule has 2 rings (SSSR count). The van der Waals surface area contributed by atoms with E-state index in [0.717, 1.165) is 18.8 Å². The first-order valence-electron chi connectivity index (χ1n) is 5.36. The highest BCUT2D eigenvalue weighted by molar-refractivity contribution is 5.83. The first-order valence-corrected chi connectivity index (χ1v) is 5.36. The maximum Gasteiger partial charge on any atom is 0.161 e. The summed E-state index contributed by atoms with van der Waals surface area (Å²) in [6.45, 7) is 0. The molecule has 2 fully saturated rings. The van der Waals surface area contributed by atoms with Gasteiger partial charge in [0.2, 0.25) is 0 Å². The molecule has 2 heteroatoms. The zero-order valence-corrected chi connectivity index (χ0v) is 8.29. The Labute approximate surface area is 79.7 Å². The van der Waals surface area contributed by atoms with Crippen molar-refractivity contribution in [2.24, 2.45) is 11.8 Å². The minimum absolute atomic E-state index is 0.0706. The van der Waals surface area contributed by atoms with Crippen molar-refractivity contribution in [3.8, 4) is 0 Å². The van der Waals surface area contributed by atoms with Crippen LogP contribution in [0.2, 0.25) is 0 Å². The molecule has 2 nitrogen and oxygen atoms in total. The summed E-state index contributed by atoms with van der Waals surface area (Å²) in [6, 6.07) is 0. The minimum Gasteiger partial charge on any atom is -0.373 e. The molecule has 0 bridgehead atoms. The van der Waals surface area contributed by atoms with E-state index in [1.165, 1.54) is 25.7 Å². The van der Waals surface area contributed by atoms with Crippen LogP contribution in [-0.2, 0) is 9.53 Å². The van der Waals surface area contributed by atoms with Gasteiger partial charge in [-0.25, -0.2) is 0 Å². The Kier molecular flexibility index (Phi) is 2.68. The van der Waals surface area contributed by atoms with Crippen LogP contribution in [0.15, 0.2) is 0 Å². The Hall–Kier alpha value is -0.370. The summed E-state index contributed by atoms with van der Waals surface area (Å²) < 4.78 is 5.24. The Morgan fingerprint density at radius 2 is 2.08 bits per heavy atom. The number of carbonyl (C=O) groups excluding carboxylic acids is 1. The van der Waals surface area contributed by atoms with E-state index in [9.17, 15) is 4.79 Å². The van der Waals surface area contributed by atoms with Crippen LogP contribution in [0.25, 0.3) is 0 Å². The van der Waals surface area contributed by atoms with Crippen LogP contribution in [0.5, 0.6) is 0 Å². The second-order valence-electron chi connectivity index (χ2n) is 4.44. The number of ether oxygens (including phenoxy) is 1. The molecule has 0 aliphatic heterocycles. The maximum atomic E-state index is 11.7. The number of Topliss-reactive ketones (excluding diaryl/α,β-unsaturated/α-hetero) is 1. The van der Waals surface area contributed by atoms with Crippen LogP contribution in [-0.4, -0.2) is 19.0 Å². The lowest BCUT2D eigenvalue weighted by molar-refractivity contribution is -0.130. The Bertz CT molecular complexity index is 192. The van der Waals surface area contributed by atoms with E-state index in [4.69, 9.17) is 4.74 Å². The lowest BCUT2D eigenvalue weighted by Crippen LogP contribution is -2.25. The molecule has 0 aromatic carbocycles. The smallest absolute Gasteiger partial charge is 0.161 e. The predicted octanol–water partition coefficient (Wildman–Crippen LogP) is 2.17. The monoisotopic (exact) mass is 182 g/mol. The standard InChI is InChI=1S/C11H18O2/c1-13-11(9-5-6-9)10(12)7-4-8-2-3-8/h8-9,11H,2-7H2,1H3. The van der Waals surface area contributed by atoms with Gasteiger partial charge in [-0.3, -0.25) is 4.79 Å². The highest BCUT2D eigenvalue weighted by Crippen LogP contribution is 2.37. The molecule has 0 aromatic rings. The topological polar surface area (TPSA) is 26.3 Å². The van der Waals surface area contributed by atoms with Gasteiger partial charge in [-0.2, -0.15) is 0 Å². The predicted molar refractivity (Wildman–Crippen MR) is 50.5 cm³/mol. The van der Waals surface area contributed by atoms with Gasteiger partial charge in [0, 0.05) is 13.5 Å². The van der Waals surface area contributed by atoms with Gasteiger partial charge < -0.3 is 4.74 Å². The normalized spacial score (nSPS) is 24.4. The SMILES string of the molecule is COC(C(=O)CCC1CC1)C1CC1. The fourth-order valence-electron chi connectivity index (χ4n) is 1.88. The third-order valence-electron chi connectivity index (χ3n) is 3.12. The summed E-state index contributed by atoms with van der Waals surface area (Å²) in [7, 11) is 1.66. The van der Waals surface area contributed by atoms with Crippen molar-refractivity contribution in [2.45, 2.75) is 44.6 Å². The second kappa shape index (κ2) is 3.79. The van der Waals surface area contributed by atoms with E-state index in [1.807, 2.05) is 0 Å². The fraction of sp³-hybridized carbons (Fsp3) is 0.909.